The van der Waals surface area contributed by atoms with Crippen LogP contribution in [0.25, 0.3) is 10.9 Å². The minimum atomic E-state index is 0.0287. The summed E-state index contributed by atoms with van der Waals surface area (Å²) in [5, 5.41) is 1.60. The first kappa shape index (κ1) is 16.8. The van der Waals surface area contributed by atoms with Crippen LogP contribution in [0.15, 0.2) is 54.7 Å². The Morgan fingerprint density at radius 3 is 2.67 bits per heavy atom. The van der Waals surface area contributed by atoms with Crippen LogP contribution < -0.4 is 0 Å². The number of para-hydroxylation sites is 1. The van der Waals surface area contributed by atoms with E-state index in [0.717, 1.165) is 29.4 Å². The average Bonchev–Trinajstić information content (AvgIpc) is 2.97. The highest BCUT2D eigenvalue weighted by Crippen LogP contribution is 2.25. The molecule has 0 atom stereocenters. The number of nitrogens with zero attached hydrogens (tertiary/aromatic N) is 1. The van der Waals surface area contributed by atoms with E-state index in [4.69, 9.17) is 11.6 Å². The fourth-order valence-electron chi connectivity index (χ4n) is 3.11. The van der Waals surface area contributed by atoms with Crippen molar-refractivity contribution in [3.8, 4) is 0 Å². The molecule has 2 aromatic carbocycles. The first-order valence-electron chi connectivity index (χ1n) is 8.59. The van der Waals surface area contributed by atoms with Gasteiger partial charge in [-0.3, -0.25) is 4.79 Å². The third-order valence-electron chi connectivity index (χ3n) is 4.37. The number of unbranched alkanes of at least 4 members (excludes halogenated alkanes) is 3. The Hall–Kier alpha value is -2.06. The van der Waals surface area contributed by atoms with Crippen LogP contribution in [0.3, 0.4) is 0 Å². The van der Waals surface area contributed by atoms with Gasteiger partial charge in [0.25, 0.3) is 0 Å². The van der Waals surface area contributed by atoms with Crippen LogP contribution in [0, 0.1) is 0 Å². The van der Waals surface area contributed by atoms with Crippen molar-refractivity contribution in [1.82, 2.24) is 4.57 Å². The summed E-state index contributed by atoms with van der Waals surface area (Å²) in [5.74, 6) is 0.0287. The largest absolute Gasteiger partial charge is 0.347 e. The number of hydrogen-bond donors (Lipinski definition) is 0. The van der Waals surface area contributed by atoms with Crippen LogP contribution in [0.4, 0.5) is 0 Å². The van der Waals surface area contributed by atoms with Crippen molar-refractivity contribution in [3.63, 3.8) is 0 Å². The maximum Gasteiger partial charge on any atom is 0.195 e. The van der Waals surface area contributed by atoms with Gasteiger partial charge in [0.1, 0.15) is 0 Å². The minimum Gasteiger partial charge on any atom is -0.347 e. The second-order valence-electron chi connectivity index (χ2n) is 6.15. The number of aryl methyl sites for hydroxylation is 1. The summed E-state index contributed by atoms with van der Waals surface area (Å²) in [5.41, 5.74) is 2.51. The average molecular weight is 340 g/mol. The van der Waals surface area contributed by atoms with Crippen LogP contribution in [0.1, 0.15) is 48.5 Å². The fourth-order valence-corrected chi connectivity index (χ4v) is 3.30. The minimum absolute atomic E-state index is 0.0287. The van der Waals surface area contributed by atoms with E-state index >= 15 is 0 Å². The van der Waals surface area contributed by atoms with E-state index in [1.807, 2.05) is 36.5 Å². The lowest BCUT2D eigenvalue weighted by molar-refractivity contribution is 0.104. The number of ketones is 1. The van der Waals surface area contributed by atoms with E-state index in [1.165, 1.54) is 19.3 Å². The molecule has 0 amide bonds. The van der Waals surface area contributed by atoms with Crippen LogP contribution in [0.2, 0.25) is 5.02 Å². The van der Waals surface area contributed by atoms with E-state index < -0.39 is 0 Å². The summed E-state index contributed by atoms with van der Waals surface area (Å²) in [6.07, 6.45) is 6.84. The van der Waals surface area contributed by atoms with Crippen molar-refractivity contribution in [2.75, 3.05) is 0 Å². The van der Waals surface area contributed by atoms with E-state index in [2.05, 4.69) is 17.6 Å². The lowest BCUT2D eigenvalue weighted by Crippen LogP contribution is -2.01. The molecule has 124 valence electrons. The maximum atomic E-state index is 12.9. The van der Waals surface area contributed by atoms with E-state index in [-0.39, 0.29) is 5.78 Å². The molecule has 0 saturated heterocycles. The molecule has 0 unspecified atom stereocenters. The number of rotatable bonds is 7. The summed E-state index contributed by atoms with van der Waals surface area (Å²) >= 11 is 6.04. The standard InChI is InChI=1S/C21H22ClNO/c1-2-3-4-7-13-23-15-19(18-11-5-6-12-20(18)23)21(24)16-9-8-10-17(22)14-16/h5-6,8-12,14-15H,2-4,7,13H2,1H3. The lowest BCUT2D eigenvalue weighted by Gasteiger charge is -2.04. The molecule has 3 heteroatoms. The number of aromatic nitrogens is 1. The number of halogens is 1. The molecule has 0 aliphatic rings. The van der Waals surface area contributed by atoms with E-state index in [9.17, 15) is 4.79 Å². The summed E-state index contributed by atoms with van der Waals surface area (Å²) in [6, 6.07) is 15.3. The van der Waals surface area contributed by atoms with Crippen molar-refractivity contribution in [2.24, 2.45) is 0 Å². The lowest BCUT2D eigenvalue weighted by atomic mass is 10.0. The van der Waals surface area contributed by atoms with Crippen molar-refractivity contribution >= 4 is 28.3 Å². The Labute approximate surface area is 148 Å². The molecule has 1 aromatic heterocycles. The molecule has 0 saturated carbocycles. The number of fused-ring (bicyclic) bond motifs is 1. The third-order valence-corrected chi connectivity index (χ3v) is 4.61. The monoisotopic (exact) mass is 339 g/mol. The molecule has 0 fully saturated rings. The maximum absolute atomic E-state index is 12.9. The SMILES string of the molecule is CCCCCCn1cc(C(=O)c2cccc(Cl)c2)c2ccccc21. The molecule has 3 rings (SSSR count). The molecule has 0 aliphatic carbocycles. The highest BCUT2D eigenvalue weighted by molar-refractivity contribution is 6.31. The van der Waals surface area contributed by atoms with Crippen LogP contribution >= 0.6 is 11.6 Å². The molecule has 2 nitrogen and oxygen atoms in total. The van der Waals surface area contributed by atoms with Gasteiger partial charge in [-0.05, 0) is 24.6 Å². The van der Waals surface area contributed by atoms with Crippen LogP contribution in [-0.4, -0.2) is 10.4 Å². The Morgan fingerprint density at radius 2 is 1.88 bits per heavy atom. The highest BCUT2D eigenvalue weighted by Gasteiger charge is 2.16. The van der Waals surface area contributed by atoms with Gasteiger partial charge in [-0.25, -0.2) is 0 Å². The molecular formula is C21H22ClNO. The molecule has 0 bridgehead atoms. The third kappa shape index (κ3) is 3.54. The number of hydrogen-bond acceptors (Lipinski definition) is 1. The molecule has 0 radical (unpaired) electrons. The number of carbonyl (C=O) groups excluding carboxylic acids is 1. The molecule has 0 spiro atoms. The van der Waals surface area contributed by atoms with Gasteiger partial charge in [-0.2, -0.15) is 0 Å². The Morgan fingerprint density at radius 1 is 1.04 bits per heavy atom. The summed E-state index contributed by atoms with van der Waals surface area (Å²) < 4.78 is 2.21. The molecule has 1 heterocycles. The van der Waals surface area contributed by atoms with Gasteiger partial charge in [-0.15, -0.1) is 0 Å². The van der Waals surface area contributed by atoms with Gasteiger partial charge in [0, 0.05) is 39.8 Å². The Kier molecular flexibility index (Phi) is 5.37. The zero-order valence-corrected chi connectivity index (χ0v) is 14.7. The van der Waals surface area contributed by atoms with Gasteiger partial charge in [0.15, 0.2) is 5.78 Å². The van der Waals surface area contributed by atoms with Gasteiger partial charge >= 0.3 is 0 Å². The predicted octanol–water partition coefficient (Wildman–Crippen LogP) is 6.11. The Bertz CT molecular complexity index is 850. The molecule has 3 aromatic rings. The number of benzene rings is 2. The summed E-state index contributed by atoms with van der Waals surface area (Å²) in [4.78, 5) is 12.9. The van der Waals surface area contributed by atoms with E-state index in [1.54, 1.807) is 12.1 Å². The van der Waals surface area contributed by atoms with Crippen molar-refractivity contribution in [3.05, 3.63) is 70.9 Å². The fraction of sp³-hybridized carbons (Fsp3) is 0.286. The second-order valence-corrected chi connectivity index (χ2v) is 6.59. The zero-order chi connectivity index (χ0) is 16.9. The first-order chi connectivity index (χ1) is 11.7. The van der Waals surface area contributed by atoms with Gasteiger partial charge in [-0.1, -0.05) is 68.1 Å². The van der Waals surface area contributed by atoms with Crippen molar-refractivity contribution in [1.29, 1.82) is 0 Å². The normalized spacial score (nSPS) is 11.1. The first-order valence-corrected chi connectivity index (χ1v) is 8.96. The van der Waals surface area contributed by atoms with Gasteiger partial charge in [0.05, 0.1) is 0 Å². The van der Waals surface area contributed by atoms with Crippen molar-refractivity contribution in [2.45, 2.75) is 39.2 Å². The van der Waals surface area contributed by atoms with Gasteiger partial charge in [0.2, 0.25) is 0 Å². The topological polar surface area (TPSA) is 22.0 Å². The Balaban J connectivity index is 1.94. The van der Waals surface area contributed by atoms with Crippen LogP contribution in [-0.2, 0) is 6.54 Å². The predicted molar refractivity (Wildman–Crippen MR) is 101 cm³/mol. The second kappa shape index (κ2) is 7.67. The van der Waals surface area contributed by atoms with Crippen LogP contribution in [0.5, 0.6) is 0 Å². The molecular weight excluding hydrogens is 318 g/mol. The zero-order valence-electron chi connectivity index (χ0n) is 14.0. The summed E-state index contributed by atoms with van der Waals surface area (Å²) in [7, 11) is 0. The van der Waals surface area contributed by atoms with E-state index in [0.29, 0.717) is 10.6 Å². The highest BCUT2D eigenvalue weighted by atomic mass is 35.5. The number of carbonyl (C=O) groups is 1. The smallest absolute Gasteiger partial charge is 0.195 e. The molecule has 0 aliphatic heterocycles. The molecule has 24 heavy (non-hydrogen) atoms. The van der Waals surface area contributed by atoms with Gasteiger partial charge < -0.3 is 4.57 Å². The summed E-state index contributed by atoms with van der Waals surface area (Å²) in [6.45, 7) is 3.16. The quantitative estimate of drug-likeness (QED) is 0.376. The molecule has 0 N–H and O–H groups in total. The van der Waals surface area contributed by atoms with Crippen molar-refractivity contribution < 1.29 is 4.79 Å².